The highest BCUT2D eigenvalue weighted by Crippen LogP contribution is 2.34. The maximum Gasteiger partial charge on any atom is 0.269 e. The Morgan fingerprint density at radius 3 is 2.56 bits per heavy atom. The van der Waals surface area contributed by atoms with Crippen LogP contribution in [0.3, 0.4) is 0 Å². The summed E-state index contributed by atoms with van der Waals surface area (Å²) in [5.74, 6) is 0.523. The van der Waals surface area contributed by atoms with E-state index in [2.05, 4.69) is 21.7 Å². The van der Waals surface area contributed by atoms with Crippen LogP contribution >= 0.6 is 34.7 Å². The molecule has 2 N–H and O–H groups in total. The SMILES string of the molecule is Cc1cc(C)cc(S(=O)(=O)c2c(C(=O)NCCCCSc3cccs3)[nH]c3ccc(Cl)cc23)c1. The van der Waals surface area contributed by atoms with E-state index >= 15 is 0 Å². The normalized spacial score (nSPS) is 11.7. The fourth-order valence-electron chi connectivity index (χ4n) is 3.82. The molecule has 0 unspecified atom stereocenters. The number of aromatic nitrogens is 1. The molecular weight excluding hydrogens is 508 g/mol. The molecule has 34 heavy (non-hydrogen) atoms. The summed E-state index contributed by atoms with van der Waals surface area (Å²) in [6.07, 6.45) is 1.74. The van der Waals surface area contributed by atoms with Gasteiger partial charge in [-0.05, 0) is 85.3 Å². The number of hydrogen-bond donors (Lipinski definition) is 2. The van der Waals surface area contributed by atoms with Crippen molar-refractivity contribution in [1.82, 2.24) is 10.3 Å². The van der Waals surface area contributed by atoms with Crippen molar-refractivity contribution in [1.29, 1.82) is 0 Å². The number of fused-ring (bicyclic) bond motifs is 1. The lowest BCUT2D eigenvalue weighted by Crippen LogP contribution is -2.26. The van der Waals surface area contributed by atoms with Gasteiger partial charge in [0.25, 0.3) is 5.91 Å². The van der Waals surface area contributed by atoms with Crippen molar-refractivity contribution in [3.63, 3.8) is 0 Å². The molecule has 9 heteroatoms. The molecule has 178 valence electrons. The van der Waals surface area contributed by atoms with E-state index in [0.717, 1.165) is 29.7 Å². The van der Waals surface area contributed by atoms with Crippen LogP contribution in [0.2, 0.25) is 5.02 Å². The number of unbranched alkanes of at least 4 members (excludes halogenated alkanes) is 1. The maximum absolute atomic E-state index is 13.7. The van der Waals surface area contributed by atoms with Gasteiger partial charge in [-0.3, -0.25) is 4.79 Å². The number of sulfone groups is 1. The summed E-state index contributed by atoms with van der Waals surface area (Å²) in [4.78, 5) is 16.2. The number of thioether (sulfide) groups is 1. The summed E-state index contributed by atoms with van der Waals surface area (Å²) < 4.78 is 28.7. The molecule has 0 atom stereocenters. The highest BCUT2D eigenvalue weighted by atomic mass is 35.5. The van der Waals surface area contributed by atoms with Crippen molar-refractivity contribution < 1.29 is 13.2 Å². The molecule has 0 bridgehead atoms. The summed E-state index contributed by atoms with van der Waals surface area (Å²) in [5, 5.41) is 5.74. The molecule has 2 aromatic carbocycles. The minimum absolute atomic E-state index is 0.0318. The Morgan fingerprint density at radius 1 is 1.09 bits per heavy atom. The van der Waals surface area contributed by atoms with Crippen LogP contribution in [0, 0.1) is 13.8 Å². The molecule has 4 rings (SSSR count). The second kappa shape index (κ2) is 10.6. The summed E-state index contributed by atoms with van der Waals surface area (Å²) >= 11 is 9.70. The van der Waals surface area contributed by atoms with Gasteiger partial charge < -0.3 is 10.3 Å². The number of carbonyl (C=O) groups excluding carboxylic acids is 1. The molecular formula is C25H25ClN2O3S3. The maximum atomic E-state index is 13.7. The van der Waals surface area contributed by atoms with Gasteiger partial charge in [0.05, 0.1) is 9.10 Å². The molecule has 4 aromatic rings. The third-order valence-corrected chi connectivity index (χ3v) is 9.58. The summed E-state index contributed by atoms with van der Waals surface area (Å²) in [6, 6.07) is 14.2. The molecule has 1 amide bonds. The zero-order valence-electron chi connectivity index (χ0n) is 18.9. The number of aromatic amines is 1. The van der Waals surface area contributed by atoms with Gasteiger partial charge in [-0.15, -0.1) is 23.1 Å². The van der Waals surface area contributed by atoms with E-state index < -0.39 is 15.7 Å². The van der Waals surface area contributed by atoms with E-state index in [1.54, 1.807) is 53.4 Å². The summed E-state index contributed by atoms with van der Waals surface area (Å²) in [6.45, 7) is 4.16. The average Bonchev–Trinajstić information content (AvgIpc) is 3.43. The molecule has 2 heterocycles. The number of H-pyrrole nitrogens is 1. The number of benzene rings is 2. The topological polar surface area (TPSA) is 79.0 Å². The minimum atomic E-state index is -3.98. The van der Waals surface area contributed by atoms with Crippen LogP contribution in [0.4, 0.5) is 0 Å². The molecule has 0 aliphatic carbocycles. The zero-order valence-corrected chi connectivity index (χ0v) is 22.1. The zero-order chi connectivity index (χ0) is 24.3. The van der Waals surface area contributed by atoms with E-state index in [1.807, 2.05) is 26.0 Å². The lowest BCUT2D eigenvalue weighted by Gasteiger charge is -2.10. The standard InChI is InChI=1S/C25H25ClN2O3S3/c1-16-12-17(2)14-19(13-16)34(30,31)24-20-15-18(26)7-8-21(20)28-23(24)25(29)27-9-3-4-10-32-22-6-5-11-33-22/h5-8,11-15,28H,3-4,9-10H2,1-2H3,(H,27,29). The monoisotopic (exact) mass is 532 g/mol. The first-order valence-corrected chi connectivity index (χ1v) is 14.6. The lowest BCUT2D eigenvalue weighted by atomic mass is 10.2. The number of rotatable bonds is 9. The minimum Gasteiger partial charge on any atom is -0.351 e. The summed E-state index contributed by atoms with van der Waals surface area (Å²) in [5.41, 5.74) is 2.25. The Hall–Kier alpha value is -2.26. The van der Waals surface area contributed by atoms with E-state index in [1.165, 1.54) is 4.21 Å². The summed E-state index contributed by atoms with van der Waals surface area (Å²) in [7, 11) is -3.98. The number of carbonyl (C=O) groups is 1. The number of aryl methyl sites for hydroxylation is 2. The Bertz CT molecular complexity index is 1410. The van der Waals surface area contributed by atoms with Crippen molar-refractivity contribution in [2.24, 2.45) is 0 Å². The van der Waals surface area contributed by atoms with Gasteiger partial charge in [0, 0.05) is 22.5 Å². The largest absolute Gasteiger partial charge is 0.351 e. The first kappa shape index (κ1) is 24.9. The number of halogens is 1. The van der Waals surface area contributed by atoms with Crippen LogP contribution in [-0.4, -0.2) is 31.6 Å². The average molecular weight is 533 g/mol. The van der Waals surface area contributed by atoms with Crippen molar-refractivity contribution >= 4 is 61.3 Å². The number of thiophene rings is 1. The highest BCUT2D eigenvalue weighted by molar-refractivity contribution is 8.01. The van der Waals surface area contributed by atoms with Crippen LogP contribution in [0.25, 0.3) is 10.9 Å². The van der Waals surface area contributed by atoms with Gasteiger partial charge in [0.15, 0.2) is 0 Å². The number of nitrogens with one attached hydrogen (secondary N) is 2. The van der Waals surface area contributed by atoms with Crippen LogP contribution < -0.4 is 5.32 Å². The van der Waals surface area contributed by atoms with Crippen LogP contribution in [0.1, 0.15) is 34.5 Å². The smallest absolute Gasteiger partial charge is 0.269 e. The van der Waals surface area contributed by atoms with Crippen LogP contribution in [-0.2, 0) is 9.84 Å². The fraction of sp³-hybridized carbons (Fsp3) is 0.240. The Morgan fingerprint density at radius 2 is 1.85 bits per heavy atom. The first-order chi connectivity index (χ1) is 16.3. The van der Waals surface area contributed by atoms with Crippen molar-refractivity contribution in [3.8, 4) is 0 Å². The highest BCUT2D eigenvalue weighted by Gasteiger charge is 2.30. The Labute approximate surface area is 212 Å². The molecule has 0 aliphatic heterocycles. The van der Waals surface area contributed by atoms with Crippen LogP contribution in [0.5, 0.6) is 0 Å². The van der Waals surface area contributed by atoms with Gasteiger partial charge in [-0.1, -0.05) is 23.7 Å². The first-order valence-electron chi connectivity index (χ1n) is 10.8. The fourth-order valence-corrected chi connectivity index (χ4v) is 7.64. The van der Waals surface area contributed by atoms with Crippen LogP contribution in [0.15, 0.2) is 67.9 Å². The van der Waals surface area contributed by atoms with Gasteiger partial charge >= 0.3 is 0 Å². The van der Waals surface area contributed by atoms with E-state index in [-0.39, 0.29) is 15.5 Å². The molecule has 2 aromatic heterocycles. The Balaban J connectivity index is 1.57. The predicted octanol–water partition coefficient (Wildman–Crippen LogP) is 6.63. The van der Waals surface area contributed by atoms with E-state index in [0.29, 0.717) is 22.5 Å². The number of hydrogen-bond acceptors (Lipinski definition) is 5. The Kier molecular flexibility index (Phi) is 7.72. The third kappa shape index (κ3) is 5.51. The molecule has 0 aliphatic rings. The molecule has 0 saturated carbocycles. The molecule has 0 spiro atoms. The lowest BCUT2D eigenvalue weighted by molar-refractivity contribution is 0.0945. The van der Waals surface area contributed by atoms with Gasteiger partial charge in [0.2, 0.25) is 9.84 Å². The van der Waals surface area contributed by atoms with Crippen molar-refractivity contribution in [2.75, 3.05) is 12.3 Å². The number of amides is 1. The van der Waals surface area contributed by atoms with Gasteiger partial charge in [0.1, 0.15) is 10.6 Å². The van der Waals surface area contributed by atoms with Crippen molar-refractivity contribution in [2.45, 2.75) is 40.7 Å². The second-order valence-corrected chi connectivity index (χ2v) is 12.8. The molecule has 0 radical (unpaired) electrons. The van der Waals surface area contributed by atoms with Gasteiger partial charge in [-0.2, -0.15) is 0 Å². The molecule has 0 saturated heterocycles. The third-order valence-electron chi connectivity index (χ3n) is 5.31. The second-order valence-electron chi connectivity index (χ2n) is 8.09. The van der Waals surface area contributed by atoms with E-state index in [4.69, 9.17) is 11.6 Å². The van der Waals surface area contributed by atoms with Crippen molar-refractivity contribution in [3.05, 3.63) is 75.8 Å². The quantitative estimate of drug-likeness (QED) is 0.187. The van der Waals surface area contributed by atoms with Gasteiger partial charge in [-0.25, -0.2) is 8.42 Å². The molecule has 5 nitrogen and oxygen atoms in total. The molecule has 0 fully saturated rings. The predicted molar refractivity (Wildman–Crippen MR) is 141 cm³/mol. The van der Waals surface area contributed by atoms with E-state index in [9.17, 15) is 13.2 Å².